The van der Waals surface area contributed by atoms with Crippen molar-refractivity contribution >= 4 is 22.0 Å². The van der Waals surface area contributed by atoms with Gasteiger partial charge in [-0.15, -0.1) is 0 Å². The van der Waals surface area contributed by atoms with Crippen molar-refractivity contribution in [2.24, 2.45) is 5.73 Å². The normalized spacial score (nSPS) is 10.9. The van der Waals surface area contributed by atoms with Crippen LogP contribution in [-0.4, -0.2) is 26.9 Å². The van der Waals surface area contributed by atoms with Crippen molar-refractivity contribution in [2.45, 2.75) is 11.8 Å². The molecule has 2 N–H and O–H groups in total. The summed E-state index contributed by atoms with van der Waals surface area (Å²) in [6.07, 6.45) is 0. The monoisotopic (exact) mass is 349 g/mol. The highest BCUT2D eigenvalue weighted by atomic mass is 32.2. The van der Waals surface area contributed by atoms with E-state index >= 15 is 0 Å². The van der Waals surface area contributed by atoms with Gasteiger partial charge in [0.05, 0.1) is 17.7 Å². The van der Waals surface area contributed by atoms with Crippen molar-refractivity contribution in [3.05, 3.63) is 59.7 Å². The van der Waals surface area contributed by atoms with Crippen LogP contribution in [0.1, 0.15) is 27.6 Å². The van der Waals surface area contributed by atoms with E-state index in [1.165, 1.54) is 48.5 Å². The van der Waals surface area contributed by atoms with Gasteiger partial charge in [-0.3, -0.25) is 4.79 Å². The molecule has 8 heteroatoms. The summed E-state index contributed by atoms with van der Waals surface area (Å²) in [6, 6.07) is 10.8. The number of esters is 1. The van der Waals surface area contributed by atoms with Crippen LogP contribution in [0.2, 0.25) is 0 Å². The number of amides is 1. The fourth-order valence-corrected chi connectivity index (χ4v) is 2.83. The summed E-state index contributed by atoms with van der Waals surface area (Å²) in [6.45, 7) is 1.88. The molecule has 0 fully saturated rings. The first-order valence-electron chi connectivity index (χ1n) is 6.95. The predicted octanol–water partition coefficient (Wildman–Crippen LogP) is 1.73. The minimum absolute atomic E-state index is 0.0516. The van der Waals surface area contributed by atoms with Gasteiger partial charge in [0.1, 0.15) is 4.90 Å². The van der Waals surface area contributed by atoms with E-state index in [9.17, 15) is 18.0 Å². The average Bonchev–Trinajstić information content (AvgIpc) is 2.55. The van der Waals surface area contributed by atoms with Crippen LogP contribution in [0.4, 0.5) is 0 Å². The lowest BCUT2D eigenvalue weighted by Crippen LogP contribution is -2.16. The Bertz CT molecular complexity index is 858. The van der Waals surface area contributed by atoms with Crippen molar-refractivity contribution in [3.8, 4) is 5.75 Å². The first-order chi connectivity index (χ1) is 11.3. The molecule has 7 nitrogen and oxygen atoms in total. The number of carbonyl (C=O) groups is 2. The van der Waals surface area contributed by atoms with Gasteiger partial charge in [0.15, 0.2) is 5.75 Å². The maximum absolute atomic E-state index is 12.3. The SMILES string of the molecule is CCOC(=O)c1ccc(S(=O)(=O)Oc2ccccc2C(N)=O)cc1. The second kappa shape index (κ2) is 7.14. The van der Waals surface area contributed by atoms with E-state index in [1.54, 1.807) is 6.92 Å². The molecular weight excluding hydrogens is 334 g/mol. The second-order valence-corrected chi connectivity index (χ2v) is 6.19. The molecular formula is C16H15NO6S. The summed E-state index contributed by atoms with van der Waals surface area (Å²) in [5, 5.41) is 0. The zero-order chi connectivity index (χ0) is 17.7. The number of hydrogen-bond acceptors (Lipinski definition) is 6. The molecule has 0 unspecified atom stereocenters. The average molecular weight is 349 g/mol. The van der Waals surface area contributed by atoms with Gasteiger partial charge in [0.2, 0.25) is 0 Å². The minimum atomic E-state index is -4.18. The van der Waals surface area contributed by atoms with Gasteiger partial charge in [0, 0.05) is 0 Å². The van der Waals surface area contributed by atoms with Gasteiger partial charge in [0.25, 0.3) is 5.91 Å². The predicted molar refractivity (Wildman–Crippen MR) is 85.2 cm³/mol. The fourth-order valence-electron chi connectivity index (χ4n) is 1.88. The van der Waals surface area contributed by atoms with Crippen LogP contribution in [0.15, 0.2) is 53.4 Å². The first kappa shape index (κ1) is 17.5. The molecule has 2 aromatic carbocycles. The number of carbonyl (C=O) groups excluding carboxylic acids is 2. The number of primary amides is 1. The maximum atomic E-state index is 12.3. The molecule has 0 atom stereocenters. The summed E-state index contributed by atoms with van der Waals surface area (Å²) in [7, 11) is -4.18. The molecule has 0 aliphatic heterocycles. The molecule has 2 rings (SSSR count). The van der Waals surface area contributed by atoms with Gasteiger partial charge >= 0.3 is 16.1 Å². The lowest BCUT2D eigenvalue weighted by atomic mass is 10.2. The first-order valence-corrected chi connectivity index (χ1v) is 8.36. The largest absolute Gasteiger partial charge is 0.462 e. The van der Waals surface area contributed by atoms with Crippen LogP contribution < -0.4 is 9.92 Å². The van der Waals surface area contributed by atoms with Crippen LogP contribution in [0.5, 0.6) is 5.75 Å². The zero-order valence-corrected chi connectivity index (χ0v) is 13.6. The molecule has 1 amide bonds. The minimum Gasteiger partial charge on any atom is -0.462 e. The summed E-state index contributed by atoms with van der Waals surface area (Å²) in [4.78, 5) is 22.7. The van der Waals surface area contributed by atoms with E-state index in [1.807, 2.05) is 0 Å². The molecule has 2 aromatic rings. The summed E-state index contributed by atoms with van der Waals surface area (Å²) in [5.41, 5.74) is 5.35. The van der Waals surface area contributed by atoms with Gasteiger partial charge in [-0.1, -0.05) is 12.1 Å². The Morgan fingerprint density at radius 3 is 2.25 bits per heavy atom. The number of hydrogen-bond donors (Lipinski definition) is 1. The Hall–Kier alpha value is -2.87. The fraction of sp³-hybridized carbons (Fsp3) is 0.125. The highest BCUT2D eigenvalue weighted by Crippen LogP contribution is 2.23. The van der Waals surface area contributed by atoms with Gasteiger partial charge in [-0.25, -0.2) is 4.79 Å². The van der Waals surface area contributed by atoms with E-state index in [0.29, 0.717) is 0 Å². The van der Waals surface area contributed by atoms with Crippen molar-refractivity contribution in [1.29, 1.82) is 0 Å². The van der Waals surface area contributed by atoms with Crippen LogP contribution >= 0.6 is 0 Å². The third-order valence-corrected chi connectivity index (χ3v) is 4.25. The number of para-hydroxylation sites is 1. The summed E-state index contributed by atoms with van der Waals surface area (Å²) in [5.74, 6) is -1.53. The smallest absolute Gasteiger partial charge is 0.339 e. The Morgan fingerprint density at radius 1 is 1.04 bits per heavy atom. The molecule has 0 bridgehead atoms. The van der Waals surface area contributed by atoms with Crippen molar-refractivity contribution in [1.82, 2.24) is 0 Å². The van der Waals surface area contributed by atoms with E-state index in [4.69, 9.17) is 14.7 Å². The number of nitrogens with two attached hydrogens (primary N) is 1. The van der Waals surface area contributed by atoms with Crippen LogP contribution in [0.25, 0.3) is 0 Å². The van der Waals surface area contributed by atoms with E-state index in [0.717, 1.165) is 0 Å². The second-order valence-electron chi connectivity index (χ2n) is 4.64. The molecule has 0 heterocycles. The molecule has 0 radical (unpaired) electrons. The topological polar surface area (TPSA) is 113 Å². The quantitative estimate of drug-likeness (QED) is 0.628. The lowest BCUT2D eigenvalue weighted by molar-refractivity contribution is 0.0526. The van der Waals surface area contributed by atoms with Crippen LogP contribution in [-0.2, 0) is 14.9 Å². The standard InChI is InChI=1S/C16H15NO6S/c1-2-22-16(19)11-7-9-12(10-8-11)24(20,21)23-14-6-4-3-5-13(14)15(17)18/h3-10H,2H2,1H3,(H2,17,18). The summed E-state index contributed by atoms with van der Waals surface area (Å²) >= 11 is 0. The Morgan fingerprint density at radius 2 is 1.67 bits per heavy atom. The number of benzene rings is 2. The van der Waals surface area contributed by atoms with Crippen molar-refractivity contribution < 1.29 is 26.9 Å². The van der Waals surface area contributed by atoms with E-state index < -0.39 is 22.0 Å². The van der Waals surface area contributed by atoms with E-state index in [2.05, 4.69) is 0 Å². The Balaban J connectivity index is 2.28. The highest BCUT2D eigenvalue weighted by Gasteiger charge is 2.20. The molecule has 0 spiro atoms. The molecule has 0 aromatic heterocycles. The third-order valence-electron chi connectivity index (χ3n) is 3.01. The van der Waals surface area contributed by atoms with Gasteiger partial charge < -0.3 is 14.7 Å². The van der Waals surface area contributed by atoms with Crippen LogP contribution in [0, 0.1) is 0 Å². The molecule has 24 heavy (non-hydrogen) atoms. The molecule has 0 aliphatic carbocycles. The molecule has 0 saturated carbocycles. The molecule has 0 aliphatic rings. The zero-order valence-electron chi connectivity index (χ0n) is 12.8. The molecule has 126 valence electrons. The van der Waals surface area contributed by atoms with Crippen molar-refractivity contribution in [3.63, 3.8) is 0 Å². The van der Waals surface area contributed by atoms with Gasteiger partial charge in [-0.2, -0.15) is 8.42 Å². The maximum Gasteiger partial charge on any atom is 0.339 e. The Labute approximate surface area is 139 Å². The van der Waals surface area contributed by atoms with E-state index in [-0.39, 0.29) is 28.4 Å². The third kappa shape index (κ3) is 3.90. The van der Waals surface area contributed by atoms with Crippen molar-refractivity contribution in [2.75, 3.05) is 6.61 Å². The van der Waals surface area contributed by atoms with Crippen LogP contribution in [0.3, 0.4) is 0 Å². The van der Waals surface area contributed by atoms with Gasteiger partial charge in [-0.05, 0) is 43.3 Å². The summed E-state index contributed by atoms with van der Waals surface area (Å²) < 4.78 is 34.4. The number of ether oxygens (including phenoxy) is 1. The Kier molecular flexibility index (Phi) is 5.20. The highest BCUT2D eigenvalue weighted by molar-refractivity contribution is 7.87. The molecule has 0 saturated heterocycles. The lowest BCUT2D eigenvalue weighted by Gasteiger charge is -2.10. The number of rotatable bonds is 6.